The fraction of sp³-hybridized carbons (Fsp3) is 0.286. The van der Waals surface area contributed by atoms with E-state index >= 15 is 0 Å². The van der Waals surface area contributed by atoms with Crippen molar-refractivity contribution >= 4 is 17.6 Å². The molecule has 0 bridgehead atoms. The summed E-state index contributed by atoms with van der Waals surface area (Å²) < 4.78 is 0. The zero-order chi connectivity index (χ0) is 12.4. The molecular weight excluding hydrogens is 230 g/mol. The van der Waals surface area contributed by atoms with Crippen LogP contribution in [0.2, 0.25) is 0 Å². The van der Waals surface area contributed by atoms with E-state index in [0.717, 1.165) is 22.4 Å². The number of benzene rings is 1. The van der Waals surface area contributed by atoms with E-state index in [1.165, 1.54) is 16.9 Å². The van der Waals surface area contributed by atoms with Crippen molar-refractivity contribution in [3.8, 4) is 11.3 Å². The Morgan fingerprint density at radius 1 is 1.24 bits per heavy atom. The van der Waals surface area contributed by atoms with Gasteiger partial charge in [0.25, 0.3) is 0 Å². The lowest BCUT2D eigenvalue weighted by atomic mass is 10.0. The van der Waals surface area contributed by atoms with Crippen molar-refractivity contribution in [2.45, 2.75) is 26.7 Å². The number of carbonyl (C=O) groups is 1. The molecule has 2 aromatic rings. The van der Waals surface area contributed by atoms with Gasteiger partial charge in [0.05, 0.1) is 5.69 Å². The molecule has 1 heterocycles. The van der Waals surface area contributed by atoms with Gasteiger partial charge >= 0.3 is 0 Å². The van der Waals surface area contributed by atoms with E-state index in [1.54, 1.807) is 0 Å². The molecule has 3 heteroatoms. The predicted molar refractivity (Wildman–Crippen MR) is 71.8 cm³/mol. The van der Waals surface area contributed by atoms with Gasteiger partial charge in [0.2, 0.25) is 0 Å². The first kappa shape index (κ1) is 12.0. The van der Waals surface area contributed by atoms with E-state index in [-0.39, 0.29) is 0 Å². The standard InChI is InChI=1S/C14H15NOS/c1-9(2)11-4-6-12(7-5-11)14-10(3)17-13(8-16)15-14/h4-9H,1-3H3. The summed E-state index contributed by atoms with van der Waals surface area (Å²) in [7, 11) is 0. The van der Waals surface area contributed by atoms with Crippen molar-refractivity contribution in [3.63, 3.8) is 0 Å². The highest BCUT2D eigenvalue weighted by molar-refractivity contribution is 7.13. The maximum absolute atomic E-state index is 10.7. The Morgan fingerprint density at radius 2 is 1.88 bits per heavy atom. The number of nitrogens with zero attached hydrogens (tertiary/aromatic N) is 1. The molecule has 0 amide bonds. The smallest absolute Gasteiger partial charge is 0.178 e. The minimum absolute atomic E-state index is 0.533. The summed E-state index contributed by atoms with van der Waals surface area (Å²) in [6.45, 7) is 6.34. The molecule has 0 spiro atoms. The van der Waals surface area contributed by atoms with Crippen molar-refractivity contribution in [3.05, 3.63) is 39.7 Å². The van der Waals surface area contributed by atoms with Crippen LogP contribution in [0.5, 0.6) is 0 Å². The maximum atomic E-state index is 10.7. The molecule has 0 aliphatic carbocycles. The molecule has 0 saturated heterocycles. The number of thiazole rings is 1. The van der Waals surface area contributed by atoms with Crippen molar-refractivity contribution in [2.24, 2.45) is 0 Å². The van der Waals surface area contributed by atoms with Crippen LogP contribution in [0.3, 0.4) is 0 Å². The molecule has 2 rings (SSSR count). The molecule has 0 radical (unpaired) electrons. The van der Waals surface area contributed by atoms with Gasteiger partial charge in [-0.05, 0) is 18.4 Å². The second kappa shape index (κ2) is 4.80. The third-order valence-corrected chi connectivity index (χ3v) is 3.66. The van der Waals surface area contributed by atoms with Crippen LogP contribution in [0, 0.1) is 6.92 Å². The van der Waals surface area contributed by atoms with Gasteiger partial charge in [0.15, 0.2) is 11.3 Å². The van der Waals surface area contributed by atoms with Gasteiger partial charge in [-0.2, -0.15) is 0 Å². The third-order valence-electron chi connectivity index (χ3n) is 2.76. The second-order valence-electron chi connectivity index (χ2n) is 4.35. The second-order valence-corrected chi connectivity index (χ2v) is 5.59. The number of rotatable bonds is 3. The van der Waals surface area contributed by atoms with E-state index in [0.29, 0.717) is 10.9 Å². The maximum Gasteiger partial charge on any atom is 0.178 e. The van der Waals surface area contributed by atoms with Crippen molar-refractivity contribution < 1.29 is 4.79 Å². The van der Waals surface area contributed by atoms with Crippen LogP contribution in [0.4, 0.5) is 0 Å². The molecule has 0 unspecified atom stereocenters. The van der Waals surface area contributed by atoms with Crippen LogP contribution < -0.4 is 0 Å². The largest absolute Gasteiger partial charge is 0.295 e. The molecule has 0 fully saturated rings. The van der Waals surface area contributed by atoms with Crippen molar-refractivity contribution in [1.82, 2.24) is 4.98 Å². The molecule has 1 aromatic heterocycles. The normalized spacial score (nSPS) is 10.8. The Kier molecular flexibility index (Phi) is 3.38. The van der Waals surface area contributed by atoms with E-state index in [1.807, 2.05) is 6.92 Å². The minimum atomic E-state index is 0.533. The monoisotopic (exact) mass is 245 g/mol. The predicted octanol–water partition coefficient (Wildman–Crippen LogP) is 4.05. The Labute approximate surface area is 105 Å². The van der Waals surface area contributed by atoms with Gasteiger partial charge in [-0.3, -0.25) is 4.79 Å². The van der Waals surface area contributed by atoms with Crippen molar-refractivity contribution in [2.75, 3.05) is 0 Å². The Balaban J connectivity index is 2.39. The van der Waals surface area contributed by atoms with Crippen LogP contribution in [0.1, 0.15) is 40.0 Å². The number of aromatic nitrogens is 1. The lowest BCUT2D eigenvalue weighted by Gasteiger charge is -2.05. The number of hydrogen-bond donors (Lipinski definition) is 0. The first-order valence-corrected chi connectivity index (χ1v) is 6.46. The topological polar surface area (TPSA) is 30.0 Å². The van der Waals surface area contributed by atoms with E-state index in [4.69, 9.17) is 0 Å². The molecular formula is C14H15NOS. The number of hydrogen-bond acceptors (Lipinski definition) is 3. The first-order valence-electron chi connectivity index (χ1n) is 5.64. The fourth-order valence-electron chi connectivity index (χ4n) is 1.76. The SMILES string of the molecule is Cc1sc(C=O)nc1-c1ccc(C(C)C)cc1. The van der Waals surface area contributed by atoms with Crippen LogP contribution in [0.15, 0.2) is 24.3 Å². The highest BCUT2D eigenvalue weighted by Gasteiger charge is 2.09. The minimum Gasteiger partial charge on any atom is -0.295 e. The van der Waals surface area contributed by atoms with E-state index < -0.39 is 0 Å². The highest BCUT2D eigenvalue weighted by Crippen LogP contribution is 2.28. The first-order chi connectivity index (χ1) is 8.11. The lowest BCUT2D eigenvalue weighted by molar-refractivity contribution is 0.112. The van der Waals surface area contributed by atoms with E-state index in [9.17, 15) is 4.79 Å². The van der Waals surface area contributed by atoms with Gasteiger partial charge in [-0.25, -0.2) is 4.98 Å². The molecule has 17 heavy (non-hydrogen) atoms. The average molecular weight is 245 g/mol. The van der Waals surface area contributed by atoms with Crippen LogP contribution in [-0.4, -0.2) is 11.3 Å². The van der Waals surface area contributed by atoms with Gasteiger partial charge < -0.3 is 0 Å². The van der Waals surface area contributed by atoms with Crippen LogP contribution in [-0.2, 0) is 0 Å². The quantitative estimate of drug-likeness (QED) is 0.763. The molecule has 0 aliphatic heterocycles. The number of carbonyl (C=O) groups excluding carboxylic acids is 1. The number of aryl methyl sites for hydroxylation is 1. The van der Waals surface area contributed by atoms with E-state index in [2.05, 4.69) is 43.1 Å². The Hall–Kier alpha value is -1.48. The molecule has 0 saturated carbocycles. The molecule has 1 aromatic carbocycles. The molecule has 0 atom stereocenters. The average Bonchev–Trinajstić information content (AvgIpc) is 2.71. The summed E-state index contributed by atoms with van der Waals surface area (Å²) >= 11 is 1.44. The highest BCUT2D eigenvalue weighted by atomic mass is 32.1. The van der Waals surface area contributed by atoms with Gasteiger partial charge in [0, 0.05) is 10.4 Å². The van der Waals surface area contributed by atoms with Gasteiger partial charge in [-0.1, -0.05) is 38.1 Å². The molecule has 0 N–H and O–H groups in total. The Morgan fingerprint density at radius 3 is 2.35 bits per heavy atom. The molecule has 0 aliphatic rings. The third kappa shape index (κ3) is 2.44. The van der Waals surface area contributed by atoms with Gasteiger partial charge in [0.1, 0.15) is 0 Å². The summed E-state index contributed by atoms with van der Waals surface area (Å²) in [6.07, 6.45) is 0.809. The summed E-state index contributed by atoms with van der Waals surface area (Å²) in [5.41, 5.74) is 3.32. The summed E-state index contributed by atoms with van der Waals surface area (Å²) in [5, 5.41) is 0.547. The van der Waals surface area contributed by atoms with Crippen LogP contribution in [0.25, 0.3) is 11.3 Å². The zero-order valence-electron chi connectivity index (χ0n) is 10.2. The zero-order valence-corrected chi connectivity index (χ0v) is 11.0. The summed E-state index contributed by atoms with van der Waals surface area (Å²) in [5.74, 6) is 0.533. The summed E-state index contributed by atoms with van der Waals surface area (Å²) in [6, 6.07) is 8.40. The fourth-order valence-corrected chi connectivity index (χ4v) is 2.52. The number of aldehydes is 1. The summed E-state index contributed by atoms with van der Waals surface area (Å²) in [4.78, 5) is 16.1. The Bertz CT molecular complexity index is 526. The lowest BCUT2D eigenvalue weighted by Crippen LogP contribution is -1.87. The molecule has 88 valence electrons. The molecule has 2 nitrogen and oxygen atoms in total. The van der Waals surface area contributed by atoms with Crippen LogP contribution >= 0.6 is 11.3 Å². The van der Waals surface area contributed by atoms with Crippen molar-refractivity contribution in [1.29, 1.82) is 0 Å². The van der Waals surface area contributed by atoms with Gasteiger partial charge in [-0.15, -0.1) is 11.3 Å².